The molecule has 0 amide bonds. The molecule has 2 rings (SSSR count). The Kier molecular flexibility index (Phi) is 3.13. The van der Waals surface area contributed by atoms with E-state index in [1.807, 2.05) is 0 Å². The van der Waals surface area contributed by atoms with Gasteiger partial charge in [0.15, 0.2) is 0 Å². The minimum Gasteiger partial charge on any atom is -0.594 e. The molecule has 0 aliphatic rings. The van der Waals surface area contributed by atoms with Crippen molar-refractivity contribution in [2.45, 2.75) is 6.92 Å². The van der Waals surface area contributed by atoms with Crippen LogP contribution in [0, 0.1) is 18.3 Å². The third kappa shape index (κ3) is 2.10. The van der Waals surface area contributed by atoms with Crippen LogP contribution < -0.4 is 4.85 Å². The standard InChI is InChI=1S/C11H9N4O3/c1-7-8(5-6-12-13-7)10-4-3-9(11(16)18-2)14-15(10)17/h3-5H,1-2H3. The van der Waals surface area contributed by atoms with E-state index in [2.05, 4.69) is 26.2 Å². The molecule has 0 aliphatic heterocycles. The van der Waals surface area contributed by atoms with Gasteiger partial charge in [-0.2, -0.15) is 5.10 Å². The molecule has 18 heavy (non-hydrogen) atoms. The van der Waals surface area contributed by atoms with E-state index < -0.39 is 5.97 Å². The lowest BCUT2D eigenvalue weighted by molar-refractivity contribution is -0.658. The predicted octanol–water partition coefficient (Wildman–Crippen LogP) is 0.0672. The second kappa shape index (κ2) is 4.74. The Hall–Kier alpha value is -2.57. The van der Waals surface area contributed by atoms with Gasteiger partial charge in [0.05, 0.1) is 18.4 Å². The van der Waals surface area contributed by atoms with Crippen molar-refractivity contribution in [3.05, 3.63) is 41.0 Å². The van der Waals surface area contributed by atoms with Gasteiger partial charge in [-0.1, -0.05) is 0 Å². The Labute approximate surface area is 103 Å². The first kappa shape index (κ1) is 11.9. The van der Waals surface area contributed by atoms with Crippen molar-refractivity contribution in [2.24, 2.45) is 0 Å². The Morgan fingerprint density at radius 3 is 2.89 bits per heavy atom. The topological polar surface area (TPSA) is 91.9 Å². The lowest BCUT2D eigenvalue weighted by atomic mass is 10.1. The van der Waals surface area contributed by atoms with E-state index in [1.165, 1.54) is 25.3 Å². The third-order valence-corrected chi connectivity index (χ3v) is 2.33. The quantitative estimate of drug-likeness (QED) is 0.422. The molecule has 0 bridgehead atoms. The van der Waals surface area contributed by atoms with Gasteiger partial charge in [-0.15, -0.1) is 5.10 Å². The first-order valence-electron chi connectivity index (χ1n) is 5.03. The fourth-order valence-corrected chi connectivity index (χ4v) is 1.43. The molecule has 1 radical (unpaired) electrons. The van der Waals surface area contributed by atoms with Gasteiger partial charge in [0.2, 0.25) is 5.69 Å². The summed E-state index contributed by atoms with van der Waals surface area (Å²) in [6.45, 7) is 1.71. The second-order valence-electron chi connectivity index (χ2n) is 3.44. The number of hydrogen-bond donors (Lipinski definition) is 0. The summed E-state index contributed by atoms with van der Waals surface area (Å²) in [6.07, 6.45) is 2.54. The Morgan fingerprint density at radius 2 is 2.28 bits per heavy atom. The van der Waals surface area contributed by atoms with Crippen LogP contribution in [0.3, 0.4) is 0 Å². The summed E-state index contributed by atoms with van der Waals surface area (Å²) >= 11 is 0. The van der Waals surface area contributed by atoms with Gasteiger partial charge in [-0.25, -0.2) is 4.79 Å². The molecule has 0 unspecified atom stereocenters. The predicted molar refractivity (Wildman–Crippen MR) is 59.1 cm³/mol. The largest absolute Gasteiger partial charge is 0.594 e. The first-order chi connectivity index (χ1) is 8.63. The molecule has 91 valence electrons. The molecule has 0 saturated carbocycles. The molecule has 7 nitrogen and oxygen atoms in total. The van der Waals surface area contributed by atoms with E-state index in [0.29, 0.717) is 16.1 Å². The van der Waals surface area contributed by atoms with Crippen LogP contribution in [0.4, 0.5) is 0 Å². The number of hydrogen-bond acceptors (Lipinski definition) is 6. The highest BCUT2D eigenvalue weighted by Crippen LogP contribution is 2.16. The van der Waals surface area contributed by atoms with Crippen LogP contribution in [0.2, 0.25) is 0 Å². The number of methoxy groups -OCH3 is 1. The molecule has 0 aliphatic carbocycles. The highest BCUT2D eigenvalue weighted by Gasteiger charge is 2.18. The number of aromatic nitrogens is 4. The molecular formula is C11H9N4O3. The van der Waals surface area contributed by atoms with Crippen molar-refractivity contribution in [3.63, 3.8) is 0 Å². The smallest absolute Gasteiger partial charge is 0.362 e. The number of ether oxygens (including phenoxy) is 1. The third-order valence-electron chi connectivity index (χ3n) is 2.33. The molecular weight excluding hydrogens is 236 g/mol. The molecule has 0 fully saturated rings. The molecule has 2 heterocycles. The number of esters is 1. The molecule has 2 aromatic rings. The van der Waals surface area contributed by atoms with Crippen LogP contribution in [0.15, 0.2) is 18.2 Å². The summed E-state index contributed by atoms with van der Waals surface area (Å²) in [4.78, 5) is 11.6. The van der Waals surface area contributed by atoms with Crippen molar-refractivity contribution in [1.29, 1.82) is 0 Å². The van der Waals surface area contributed by atoms with Gasteiger partial charge in [0.25, 0.3) is 5.69 Å². The van der Waals surface area contributed by atoms with Crippen molar-refractivity contribution in [1.82, 2.24) is 15.3 Å². The maximum Gasteiger partial charge on any atom is 0.362 e. The SMILES string of the molecule is COC(=O)c1ccc(-c2c[c]nnc2C)[n+]([O-])n1. The monoisotopic (exact) mass is 245 g/mol. The lowest BCUT2D eigenvalue weighted by Crippen LogP contribution is -2.36. The van der Waals surface area contributed by atoms with E-state index >= 15 is 0 Å². The van der Waals surface area contributed by atoms with Gasteiger partial charge in [0, 0.05) is 11.2 Å². The highest BCUT2D eigenvalue weighted by molar-refractivity contribution is 5.86. The summed E-state index contributed by atoms with van der Waals surface area (Å²) in [7, 11) is 1.22. The number of carbonyl (C=O) groups excluding carboxylic acids is 1. The molecule has 0 spiro atoms. The van der Waals surface area contributed by atoms with Crippen molar-refractivity contribution in [3.8, 4) is 11.3 Å². The summed E-state index contributed by atoms with van der Waals surface area (Å²) < 4.78 is 4.48. The molecule has 7 heteroatoms. The zero-order valence-corrected chi connectivity index (χ0v) is 9.75. The van der Waals surface area contributed by atoms with Crippen LogP contribution in [0.5, 0.6) is 0 Å². The zero-order valence-electron chi connectivity index (χ0n) is 9.75. The average Bonchev–Trinajstić information content (AvgIpc) is 2.39. The van der Waals surface area contributed by atoms with Crippen molar-refractivity contribution < 1.29 is 14.4 Å². The lowest BCUT2D eigenvalue weighted by Gasteiger charge is -2.04. The van der Waals surface area contributed by atoms with E-state index in [4.69, 9.17) is 0 Å². The van der Waals surface area contributed by atoms with Crippen molar-refractivity contribution in [2.75, 3.05) is 7.11 Å². The summed E-state index contributed by atoms with van der Waals surface area (Å²) in [5.74, 6) is -0.665. The number of carbonyl (C=O) groups is 1. The Bertz CT molecular complexity index is 601. The zero-order chi connectivity index (χ0) is 13.1. The summed E-state index contributed by atoms with van der Waals surface area (Å²) in [5.41, 5.74) is 1.35. The molecule has 0 atom stereocenters. The van der Waals surface area contributed by atoms with Crippen molar-refractivity contribution >= 4 is 5.97 Å². The maximum absolute atomic E-state index is 11.7. The normalized spacial score (nSPS) is 10.1. The number of nitrogens with zero attached hydrogens (tertiary/aromatic N) is 4. The van der Waals surface area contributed by atoms with Gasteiger partial charge in [-0.3, -0.25) is 0 Å². The van der Waals surface area contributed by atoms with Gasteiger partial charge in [-0.05, 0) is 23.9 Å². The second-order valence-corrected chi connectivity index (χ2v) is 3.44. The van der Waals surface area contributed by atoms with Gasteiger partial charge in [0.1, 0.15) is 6.20 Å². The average molecular weight is 245 g/mol. The summed E-state index contributed by atoms with van der Waals surface area (Å²) in [5, 5.41) is 22.7. The van der Waals surface area contributed by atoms with E-state index in [1.54, 1.807) is 6.92 Å². The molecule has 0 aromatic carbocycles. The van der Waals surface area contributed by atoms with E-state index in [9.17, 15) is 10.0 Å². The summed E-state index contributed by atoms with van der Waals surface area (Å²) in [6, 6.07) is 4.42. The minimum atomic E-state index is -0.665. The number of aryl methyl sites for hydroxylation is 1. The molecule has 0 saturated heterocycles. The van der Waals surface area contributed by atoms with Crippen LogP contribution in [0.1, 0.15) is 16.2 Å². The van der Waals surface area contributed by atoms with Crippen LogP contribution >= 0.6 is 0 Å². The van der Waals surface area contributed by atoms with E-state index in [0.717, 1.165) is 0 Å². The fourth-order valence-electron chi connectivity index (χ4n) is 1.43. The van der Waals surface area contributed by atoms with Gasteiger partial charge >= 0.3 is 5.97 Å². The maximum atomic E-state index is 11.7. The Balaban J connectivity index is 2.49. The van der Waals surface area contributed by atoms with Gasteiger partial charge < -0.3 is 9.94 Å². The fraction of sp³-hybridized carbons (Fsp3) is 0.182. The molecule has 2 aromatic heterocycles. The molecule has 0 N–H and O–H groups in total. The number of rotatable bonds is 2. The first-order valence-corrected chi connectivity index (χ1v) is 5.03. The minimum absolute atomic E-state index is 0.0557. The highest BCUT2D eigenvalue weighted by atomic mass is 16.5. The van der Waals surface area contributed by atoms with E-state index in [-0.39, 0.29) is 11.4 Å². The van der Waals surface area contributed by atoms with Crippen LogP contribution in [-0.2, 0) is 4.74 Å². The van der Waals surface area contributed by atoms with Crippen LogP contribution in [0.25, 0.3) is 11.3 Å². The van der Waals surface area contributed by atoms with Crippen LogP contribution in [-0.4, -0.2) is 28.4 Å². The Morgan fingerprint density at radius 1 is 1.50 bits per heavy atom.